The van der Waals surface area contributed by atoms with Crippen molar-refractivity contribution in [1.82, 2.24) is 9.88 Å². The summed E-state index contributed by atoms with van der Waals surface area (Å²) in [6.45, 7) is 2.37. The van der Waals surface area contributed by atoms with E-state index in [1.807, 2.05) is 31.2 Å². The van der Waals surface area contributed by atoms with Crippen LogP contribution in [-0.4, -0.2) is 33.2 Å². The van der Waals surface area contributed by atoms with Crippen molar-refractivity contribution < 1.29 is 14.7 Å². The van der Waals surface area contributed by atoms with Crippen molar-refractivity contribution in [2.45, 2.75) is 19.4 Å². The molecule has 0 bridgehead atoms. The average Bonchev–Trinajstić information content (AvgIpc) is 3.23. The maximum absolute atomic E-state index is 12.9. The van der Waals surface area contributed by atoms with Crippen LogP contribution in [-0.2, 0) is 9.59 Å². The molecule has 1 atom stereocenters. The number of nitrogens with zero attached hydrogens (tertiary/aromatic N) is 1. The van der Waals surface area contributed by atoms with Crippen LogP contribution in [0.1, 0.15) is 30.5 Å². The highest BCUT2D eigenvalue weighted by Gasteiger charge is 2.46. The first-order valence-electron chi connectivity index (χ1n) is 9.13. The number of fused-ring (bicyclic) bond motifs is 1. The first-order valence-corrected chi connectivity index (χ1v) is 9.51. The lowest BCUT2D eigenvalue weighted by Gasteiger charge is -2.24. The Morgan fingerprint density at radius 1 is 1.14 bits per heavy atom. The van der Waals surface area contributed by atoms with Crippen molar-refractivity contribution in [3.63, 3.8) is 0 Å². The quantitative estimate of drug-likeness (QED) is 0.384. The van der Waals surface area contributed by atoms with Gasteiger partial charge in [0.15, 0.2) is 0 Å². The molecule has 3 aromatic rings. The monoisotopic (exact) mass is 394 g/mol. The number of aliphatic hydroxyl groups is 1. The zero-order valence-electron chi connectivity index (χ0n) is 15.3. The van der Waals surface area contributed by atoms with Gasteiger partial charge in [-0.2, -0.15) is 0 Å². The lowest BCUT2D eigenvalue weighted by molar-refractivity contribution is -0.139. The van der Waals surface area contributed by atoms with Gasteiger partial charge in [0.2, 0.25) is 0 Å². The van der Waals surface area contributed by atoms with Crippen LogP contribution in [0.4, 0.5) is 0 Å². The fraction of sp³-hybridized carbons (Fsp3) is 0.182. The fourth-order valence-corrected chi connectivity index (χ4v) is 3.88. The lowest BCUT2D eigenvalue weighted by Crippen LogP contribution is -2.30. The molecule has 2 aromatic carbocycles. The highest BCUT2D eigenvalue weighted by atomic mass is 35.5. The number of halogens is 1. The Bertz CT molecular complexity index is 1100. The third-order valence-corrected chi connectivity index (χ3v) is 5.29. The standard InChI is InChI=1S/C22H19ClN2O3/c1-2-11-25-19(16-12-24-17-6-4-3-5-15(16)17)18(21(27)22(25)28)20(26)13-7-9-14(23)10-8-13/h3-10,12,19,24,26H,2,11H2,1H3/b20-18+. The summed E-state index contributed by atoms with van der Waals surface area (Å²) in [5.74, 6) is -1.45. The number of amides is 1. The summed E-state index contributed by atoms with van der Waals surface area (Å²) in [6.07, 6.45) is 2.51. The van der Waals surface area contributed by atoms with Crippen LogP contribution in [0, 0.1) is 0 Å². The summed E-state index contributed by atoms with van der Waals surface area (Å²) in [4.78, 5) is 30.3. The van der Waals surface area contributed by atoms with Crippen molar-refractivity contribution in [1.29, 1.82) is 0 Å². The second kappa shape index (κ2) is 7.17. The number of Topliss-reactive ketones (excluding diaryl/α,β-unsaturated/α-hetero) is 1. The number of carbonyl (C=O) groups is 2. The number of rotatable bonds is 4. The topological polar surface area (TPSA) is 73.4 Å². The molecule has 1 aromatic heterocycles. The van der Waals surface area contributed by atoms with Crippen molar-refractivity contribution in [3.05, 3.63) is 76.5 Å². The van der Waals surface area contributed by atoms with Gasteiger partial charge in [-0.25, -0.2) is 0 Å². The van der Waals surface area contributed by atoms with Crippen molar-refractivity contribution >= 4 is 40.0 Å². The smallest absolute Gasteiger partial charge is 0.295 e. The van der Waals surface area contributed by atoms with Crippen molar-refractivity contribution in [2.24, 2.45) is 0 Å². The van der Waals surface area contributed by atoms with E-state index in [9.17, 15) is 14.7 Å². The van der Waals surface area contributed by atoms with E-state index in [0.29, 0.717) is 23.6 Å². The molecule has 1 unspecified atom stereocenters. The number of para-hydroxylation sites is 1. The number of hydrogen-bond acceptors (Lipinski definition) is 3. The van der Waals surface area contributed by atoms with Gasteiger partial charge in [0.1, 0.15) is 5.76 Å². The third-order valence-electron chi connectivity index (χ3n) is 5.04. The molecule has 1 aliphatic heterocycles. The van der Waals surface area contributed by atoms with Gasteiger partial charge >= 0.3 is 0 Å². The van der Waals surface area contributed by atoms with Crippen LogP contribution in [0.2, 0.25) is 5.02 Å². The molecule has 1 fully saturated rings. The van der Waals surface area contributed by atoms with E-state index in [-0.39, 0.29) is 11.3 Å². The maximum Gasteiger partial charge on any atom is 0.295 e. The van der Waals surface area contributed by atoms with E-state index in [1.54, 1.807) is 35.4 Å². The van der Waals surface area contributed by atoms with Crippen LogP contribution >= 0.6 is 11.6 Å². The normalized spacial score (nSPS) is 18.9. The van der Waals surface area contributed by atoms with Gasteiger partial charge < -0.3 is 15.0 Å². The van der Waals surface area contributed by atoms with Crippen LogP contribution in [0.5, 0.6) is 0 Å². The Labute approximate surface area is 167 Å². The molecule has 0 aliphatic carbocycles. The van der Waals surface area contributed by atoms with Crippen LogP contribution in [0.15, 0.2) is 60.3 Å². The zero-order chi connectivity index (χ0) is 19.8. The first-order chi connectivity index (χ1) is 13.5. The maximum atomic E-state index is 12.9. The Hall–Kier alpha value is -3.05. The average molecular weight is 395 g/mol. The fourth-order valence-electron chi connectivity index (χ4n) is 3.76. The molecule has 0 saturated carbocycles. The number of aromatic amines is 1. The molecule has 2 heterocycles. The van der Waals surface area contributed by atoms with Crippen molar-refractivity contribution in [2.75, 3.05) is 6.54 Å². The number of aliphatic hydroxyl groups excluding tert-OH is 1. The van der Waals surface area contributed by atoms with Crippen LogP contribution in [0.25, 0.3) is 16.7 Å². The highest BCUT2D eigenvalue weighted by Crippen LogP contribution is 2.41. The lowest BCUT2D eigenvalue weighted by atomic mass is 9.95. The van der Waals surface area contributed by atoms with Gasteiger partial charge in [0, 0.05) is 39.8 Å². The predicted molar refractivity (Wildman–Crippen MR) is 109 cm³/mol. The SMILES string of the molecule is CCCN1C(=O)C(=O)/C(=C(/O)c2ccc(Cl)cc2)C1c1c[nH]c2ccccc12. The number of carbonyl (C=O) groups excluding carboxylic acids is 2. The number of aromatic nitrogens is 1. The molecular weight excluding hydrogens is 376 g/mol. The summed E-state index contributed by atoms with van der Waals surface area (Å²) in [5, 5.41) is 12.4. The Morgan fingerprint density at radius 2 is 1.86 bits per heavy atom. The summed E-state index contributed by atoms with van der Waals surface area (Å²) < 4.78 is 0. The molecule has 142 valence electrons. The number of nitrogens with one attached hydrogen (secondary N) is 1. The summed E-state index contributed by atoms with van der Waals surface area (Å²) >= 11 is 5.94. The first kappa shape index (κ1) is 18.3. The number of likely N-dealkylation sites (tertiary alicyclic amines) is 1. The molecule has 4 rings (SSSR count). The molecule has 0 spiro atoms. The molecule has 6 heteroatoms. The number of benzene rings is 2. The van der Waals surface area contributed by atoms with Gasteiger partial charge in [-0.05, 0) is 36.8 Å². The molecule has 28 heavy (non-hydrogen) atoms. The van der Waals surface area contributed by atoms with E-state index in [2.05, 4.69) is 4.98 Å². The Kier molecular flexibility index (Phi) is 4.69. The van der Waals surface area contributed by atoms with Gasteiger partial charge in [0.25, 0.3) is 11.7 Å². The van der Waals surface area contributed by atoms with Gasteiger partial charge in [0.05, 0.1) is 11.6 Å². The van der Waals surface area contributed by atoms with E-state index in [1.165, 1.54) is 0 Å². The summed E-state index contributed by atoms with van der Waals surface area (Å²) in [5.41, 5.74) is 2.25. The minimum absolute atomic E-state index is 0.102. The zero-order valence-corrected chi connectivity index (χ0v) is 16.0. The van der Waals surface area contributed by atoms with Gasteiger partial charge in [-0.15, -0.1) is 0 Å². The highest BCUT2D eigenvalue weighted by molar-refractivity contribution is 6.46. The van der Waals surface area contributed by atoms with Crippen molar-refractivity contribution in [3.8, 4) is 0 Å². The molecule has 2 N–H and O–H groups in total. The van der Waals surface area contributed by atoms with E-state index >= 15 is 0 Å². The third kappa shape index (κ3) is 2.88. The second-order valence-corrected chi connectivity index (χ2v) is 7.23. The van der Waals surface area contributed by atoms with Gasteiger partial charge in [-0.3, -0.25) is 9.59 Å². The van der Waals surface area contributed by atoms with E-state index in [0.717, 1.165) is 16.5 Å². The van der Waals surface area contributed by atoms with E-state index in [4.69, 9.17) is 11.6 Å². The van der Waals surface area contributed by atoms with Gasteiger partial charge in [-0.1, -0.05) is 36.7 Å². The number of H-pyrrole nitrogens is 1. The molecule has 1 aliphatic rings. The molecule has 1 amide bonds. The number of hydrogen-bond donors (Lipinski definition) is 2. The minimum atomic E-state index is -0.670. The molecule has 0 radical (unpaired) electrons. The summed E-state index contributed by atoms with van der Waals surface area (Å²) in [7, 11) is 0. The Balaban J connectivity index is 1.94. The minimum Gasteiger partial charge on any atom is -0.507 e. The van der Waals surface area contributed by atoms with E-state index < -0.39 is 17.7 Å². The molecule has 5 nitrogen and oxygen atoms in total. The molecular formula is C22H19ClN2O3. The number of ketones is 1. The predicted octanol–water partition coefficient (Wildman–Crippen LogP) is 4.65. The van der Waals surface area contributed by atoms with Crippen LogP contribution < -0.4 is 0 Å². The van der Waals surface area contributed by atoms with Crippen LogP contribution in [0.3, 0.4) is 0 Å². The Morgan fingerprint density at radius 3 is 2.57 bits per heavy atom. The summed E-state index contributed by atoms with van der Waals surface area (Å²) in [6, 6.07) is 13.6. The largest absolute Gasteiger partial charge is 0.507 e. The molecule has 1 saturated heterocycles. The second-order valence-electron chi connectivity index (χ2n) is 6.79.